The second-order valence-corrected chi connectivity index (χ2v) is 7.62. The molecule has 0 spiro atoms. The SMILES string of the molecule is CC(=O)NCCCCCC(=O)N1CCCC1c1nc2ccccc2s1. The predicted octanol–water partition coefficient (Wildman–Crippen LogP) is 3.66. The first-order chi connectivity index (χ1) is 12.1. The van der Waals surface area contributed by atoms with E-state index < -0.39 is 0 Å². The van der Waals surface area contributed by atoms with Gasteiger partial charge in [0.25, 0.3) is 0 Å². The Kier molecular flexibility index (Phi) is 6.02. The van der Waals surface area contributed by atoms with Crippen molar-refractivity contribution in [1.29, 1.82) is 0 Å². The first kappa shape index (κ1) is 17.9. The summed E-state index contributed by atoms with van der Waals surface area (Å²) in [7, 11) is 0. The lowest BCUT2D eigenvalue weighted by Gasteiger charge is -2.23. The number of hydrogen-bond donors (Lipinski definition) is 1. The van der Waals surface area contributed by atoms with Crippen molar-refractivity contribution in [2.75, 3.05) is 13.1 Å². The van der Waals surface area contributed by atoms with Gasteiger partial charge in [0, 0.05) is 26.4 Å². The molecule has 0 radical (unpaired) electrons. The molecule has 25 heavy (non-hydrogen) atoms. The topological polar surface area (TPSA) is 62.3 Å². The van der Waals surface area contributed by atoms with Crippen molar-refractivity contribution in [3.8, 4) is 0 Å². The van der Waals surface area contributed by atoms with Gasteiger partial charge in [0.15, 0.2) is 0 Å². The van der Waals surface area contributed by atoms with Gasteiger partial charge in [-0.15, -0.1) is 11.3 Å². The van der Waals surface area contributed by atoms with E-state index >= 15 is 0 Å². The van der Waals surface area contributed by atoms with Gasteiger partial charge in [-0.1, -0.05) is 18.6 Å². The zero-order valence-electron chi connectivity index (χ0n) is 14.7. The highest BCUT2D eigenvalue weighted by Gasteiger charge is 2.31. The average Bonchev–Trinajstić information content (AvgIpc) is 3.23. The monoisotopic (exact) mass is 359 g/mol. The van der Waals surface area contributed by atoms with Crippen LogP contribution in [-0.2, 0) is 9.59 Å². The molecule has 3 rings (SSSR count). The van der Waals surface area contributed by atoms with Crippen LogP contribution in [0.2, 0.25) is 0 Å². The predicted molar refractivity (Wildman–Crippen MR) is 100 cm³/mol. The second kappa shape index (κ2) is 8.43. The number of hydrogen-bond acceptors (Lipinski definition) is 4. The van der Waals surface area contributed by atoms with E-state index in [2.05, 4.69) is 11.4 Å². The van der Waals surface area contributed by atoms with Crippen molar-refractivity contribution in [2.24, 2.45) is 0 Å². The number of aromatic nitrogens is 1. The van der Waals surface area contributed by atoms with Gasteiger partial charge in [0.05, 0.1) is 16.3 Å². The number of nitrogens with one attached hydrogen (secondary N) is 1. The van der Waals surface area contributed by atoms with E-state index in [1.165, 1.54) is 11.6 Å². The number of para-hydroxylation sites is 1. The summed E-state index contributed by atoms with van der Waals surface area (Å²) in [5.41, 5.74) is 1.03. The van der Waals surface area contributed by atoms with Crippen molar-refractivity contribution in [3.63, 3.8) is 0 Å². The van der Waals surface area contributed by atoms with Crippen LogP contribution in [0.1, 0.15) is 56.5 Å². The van der Waals surface area contributed by atoms with E-state index in [4.69, 9.17) is 4.98 Å². The summed E-state index contributed by atoms with van der Waals surface area (Å²) in [5.74, 6) is 0.244. The average molecular weight is 359 g/mol. The summed E-state index contributed by atoms with van der Waals surface area (Å²) in [6.45, 7) is 3.06. The van der Waals surface area contributed by atoms with E-state index in [9.17, 15) is 9.59 Å². The minimum absolute atomic E-state index is 0.00631. The number of nitrogens with zero attached hydrogens (tertiary/aromatic N) is 2. The van der Waals surface area contributed by atoms with E-state index in [0.29, 0.717) is 13.0 Å². The normalized spacial score (nSPS) is 17.2. The quantitative estimate of drug-likeness (QED) is 0.768. The van der Waals surface area contributed by atoms with Gasteiger partial charge in [-0.05, 0) is 37.8 Å². The zero-order chi connectivity index (χ0) is 17.6. The molecule has 0 aliphatic carbocycles. The number of likely N-dealkylation sites (tertiary alicyclic amines) is 1. The Balaban J connectivity index is 1.52. The molecule has 1 N–H and O–H groups in total. The van der Waals surface area contributed by atoms with Crippen LogP contribution < -0.4 is 5.32 Å². The van der Waals surface area contributed by atoms with Crippen LogP contribution >= 0.6 is 11.3 Å². The van der Waals surface area contributed by atoms with Gasteiger partial charge < -0.3 is 10.2 Å². The van der Waals surface area contributed by atoms with E-state index in [1.54, 1.807) is 11.3 Å². The van der Waals surface area contributed by atoms with Crippen LogP contribution in [0.5, 0.6) is 0 Å². The molecule has 1 saturated heterocycles. The fourth-order valence-electron chi connectivity index (χ4n) is 3.34. The zero-order valence-corrected chi connectivity index (χ0v) is 15.5. The number of thiazole rings is 1. The molecule has 2 aromatic rings. The number of rotatable bonds is 7. The molecule has 0 saturated carbocycles. The third-order valence-corrected chi connectivity index (χ3v) is 5.75. The molecule has 1 aliphatic heterocycles. The first-order valence-corrected chi connectivity index (χ1v) is 9.86. The lowest BCUT2D eigenvalue weighted by atomic mass is 10.1. The first-order valence-electron chi connectivity index (χ1n) is 9.04. The van der Waals surface area contributed by atoms with Gasteiger partial charge in [0.2, 0.25) is 11.8 Å². The van der Waals surface area contributed by atoms with E-state index in [-0.39, 0.29) is 17.9 Å². The minimum Gasteiger partial charge on any atom is -0.356 e. The van der Waals surface area contributed by atoms with Crippen molar-refractivity contribution in [1.82, 2.24) is 15.2 Å². The molecule has 2 amide bonds. The summed E-state index contributed by atoms with van der Waals surface area (Å²) >= 11 is 1.71. The van der Waals surface area contributed by atoms with Gasteiger partial charge >= 0.3 is 0 Å². The molecule has 134 valence electrons. The highest BCUT2D eigenvalue weighted by Crippen LogP contribution is 2.36. The number of fused-ring (bicyclic) bond motifs is 1. The van der Waals surface area contributed by atoms with E-state index in [1.807, 2.05) is 23.1 Å². The van der Waals surface area contributed by atoms with Crippen LogP contribution in [0.4, 0.5) is 0 Å². The molecule has 1 fully saturated rings. The summed E-state index contributed by atoms with van der Waals surface area (Å²) < 4.78 is 1.19. The number of benzene rings is 1. The Morgan fingerprint density at radius 1 is 1.28 bits per heavy atom. The Bertz CT molecular complexity index is 710. The second-order valence-electron chi connectivity index (χ2n) is 6.56. The lowest BCUT2D eigenvalue weighted by Crippen LogP contribution is -2.30. The molecule has 0 bridgehead atoms. The van der Waals surface area contributed by atoms with Crippen molar-refractivity contribution in [2.45, 2.75) is 51.5 Å². The molecule has 6 heteroatoms. The lowest BCUT2D eigenvalue weighted by molar-refractivity contribution is -0.132. The van der Waals surface area contributed by atoms with Gasteiger partial charge in [-0.3, -0.25) is 9.59 Å². The maximum Gasteiger partial charge on any atom is 0.223 e. The molecular weight excluding hydrogens is 334 g/mol. The van der Waals surface area contributed by atoms with Crippen LogP contribution in [-0.4, -0.2) is 34.8 Å². The summed E-state index contributed by atoms with van der Waals surface area (Å²) in [5, 5.41) is 3.86. The highest BCUT2D eigenvalue weighted by molar-refractivity contribution is 7.18. The van der Waals surface area contributed by atoms with Crippen molar-refractivity contribution in [3.05, 3.63) is 29.3 Å². The number of carbonyl (C=O) groups is 2. The molecule has 1 unspecified atom stereocenters. The fraction of sp³-hybridized carbons (Fsp3) is 0.526. The van der Waals surface area contributed by atoms with Crippen LogP contribution in [0, 0.1) is 0 Å². The Morgan fingerprint density at radius 2 is 2.12 bits per heavy atom. The molecule has 1 atom stereocenters. The van der Waals surface area contributed by atoms with Crippen molar-refractivity contribution >= 4 is 33.4 Å². The molecular formula is C19H25N3O2S. The molecule has 2 heterocycles. The van der Waals surface area contributed by atoms with Crippen LogP contribution in [0.15, 0.2) is 24.3 Å². The van der Waals surface area contributed by atoms with Crippen molar-refractivity contribution < 1.29 is 9.59 Å². The third-order valence-electron chi connectivity index (χ3n) is 4.61. The Hall–Kier alpha value is -1.95. The highest BCUT2D eigenvalue weighted by atomic mass is 32.1. The Labute approximate surface area is 152 Å². The number of amides is 2. The molecule has 1 aromatic carbocycles. The maximum atomic E-state index is 12.6. The number of carbonyl (C=O) groups excluding carboxylic acids is 2. The van der Waals surface area contributed by atoms with Gasteiger partial charge in [-0.2, -0.15) is 0 Å². The van der Waals surface area contributed by atoms with Gasteiger partial charge in [-0.25, -0.2) is 4.98 Å². The molecule has 1 aliphatic rings. The molecule has 5 nitrogen and oxygen atoms in total. The fourth-order valence-corrected chi connectivity index (χ4v) is 4.46. The molecule has 1 aromatic heterocycles. The Morgan fingerprint density at radius 3 is 2.92 bits per heavy atom. The minimum atomic E-state index is 0.00631. The van der Waals surface area contributed by atoms with Gasteiger partial charge in [0.1, 0.15) is 5.01 Å². The smallest absolute Gasteiger partial charge is 0.223 e. The van der Waals surface area contributed by atoms with Crippen LogP contribution in [0.25, 0.3) is 10.2 Å². The largest absolute Gasteiger partial charge is 0.356 e. The standard InChI is InChI=1S/C19H25N3O2S/c1-14(23)20-12-6-2-3-11-18(24)22-13-7-9-16(22)19-21-15-8-4-5-10-17(15)25-19/h4-5,8,10,16H,2-3,6-7,9,11-13H2,1H3,(H,20,23). The summed E-state index contributed by atoms with van der Waals surface area (Å²) in [6.07, 6.45) is 5.41. The third kappa shape index (κ3) is 4.57. The van der Waals surface area contributed by atoms with Crippen LogP contribution in [0.3, 0.4) is 0 Å². The van der Waals surface area contributed by atoms with E-state index in [0.717, 1.165) is 49.2 Å². The maximum absolute atomic E-state index is 12.6. The summed E-state index contributed by atoms with van der Waals surface area (Å²) in [4.78, 5) is 30.2. The summed E-state index contributed by atoms with van der Waals surface area (Å²) in [6, 6.07) is 8.30. The number of unbranched alkanes of at least 4 members (excludes halogenated alkanes) is 2.